The number of nitro benzene ring substituents is 1. The fourth-order valence-electron chi connectivity index (χ4n) is 1.63. The largest absolute Gasteiger partial charge is 0.322 e. The number of non-ortho nitro benzene ring substituents is 1. The van der Waals surface area contributed by atoms with Gasteiger partial charge in [-0.05, 0) is 64.6 Å². The monoisotopic (exact) mass is 394 g/mol. The Morgan fingerprint density at radius 2 is 1.90 bits per heavy atom. The van der Waals surface area contributed by atoms with E-state index in [1.54, 1.807) is 24.3 Å². The van der Waals surface area contributed by atoms with E-state index in [1.165, 1.54) is 18.2 Å². The zero-order chi connectivity index (χ0) is 15.2. The summed E-state index contributed by atoms with van der Waals surface area (Å²) in [7, 11) is 0. The van der Waals surface area contributed by atoms with Crippen LogP contribution >= 0.6 is 22.6 Å². The van der Waals surface area contributed by atoms with E-state index < -0.39 is 4.92 Å². The maximum atomic E-state index is 11.8. The summed E-state index contributed by atoms with van der Waals surface area (Å²) < 4.78 is 1.03. The quantitative estimate of drug-likeness (QED) is 0.371. The van der Waals surface area contributed by atoms with Gasteiger partial charge >= 0.3 is 0 Å². The highest BCUT2D eigenvalue weighted by Crippen LogP contribution is 2.14. The standard InChI is InChI=1S/C15H11IN2O3/c16-12-2-1-3-13(10-12)17-15(19)9-6-11-4-7-14(8-5-11)18(20)21/h1-10H,(H,17,19). The first-order valence-electron chi connectivity index (χ1n) is 6.04. The van der Waals surface area contributed by atoms with Gasteiger partial charge in [0.1, 0.15) is 0 Å². The van der Waals surface area contributed by atoms with Crippen LogP contribution in [-0.4, -0.2) is 10.8 Å². The third kappa shape index (κ3) is 4.67. The van der Waals surface area contributed by atoms with Crippen molar-refractivity contribution in [3.63, 3.8) is 0 Å². The summed E-state index contributed by atoms with van der Waals surface area (Å²) in [6.07, 6.45) is 2.99. The van der Waals surface area contributed by atoms with Crippen LogP contribution < -0.4 is 5.32 Å². The molecule has 5 nitrogen and oxygen atoms in total. The van der Waals surface area contributed by atoms with Gasteiger partial charge in [0.2, 0.25) is 5.91 Å². The second-order valence-corrected chi connectivity index (χ2v) is 5.43. The molecule has 0 aliphatic carbocycles. The molecule has 2 rings (SSSR count). The van der Waals surface area contributed by atoms with Gasteiger partial charge in [-0.3, -0.25) is 14.9 Å². The number of rotatable bonds is 4. The fraction of sp³-hybridized carbons (Fsp3) is 0. The van der Waals surface area contributed by atoms with Crippen LogP contribution in [0.5, 0.6) is 0 Å². The highest BCUT2D eigenvalue weighted by atomic mass is 127. The Labute approximate surface area is 135 Å². The smallest absolute Gasteiger partial charge is 0.269 e. The summed E-state index contributed by atoms with van der Waals surface area (Å²) in [4.78, 5) is 21.8. The van der Waals surface area contributed by atoms with Crippen molar-refractivity contribution < 1.29 is 9.72 Å². The lowest BCUT2D eigenvalue weighted by molar-refractivity contribution is -0.384. The number of hydrogen-bond donors (Lipinski definition) is 1. The SMILES string of the molecule is O=C(C=Cc1ccc([N+](=O)[O-])cc1)Nc1cccc(I)c1. The van der Waals surface area contributed by atoms with Crippen LogP contribution in [-0.2, 0) is 4.79 Å². The number of nitrogens with zero attached hydrogens (tertiary/aromatic N) is 1. The second kappa shape index (κ2) is 6.98. The molecular weight excluding hydrogens is 383 g/mol. The average Bonchev–Trinajstić information content (AvgIpc) is 2.45. The van der Waals surface area contributed by atoms with Gasteiger partial charge in [0.15, 0.2) is 0 Å². The van der Waals surface area contributed by atoms with Crippen molar-refractivity contribution in [2.75, 3.05) is 5.32 Å². The molecule has 0 aliphatic heterocycles. The Balaban J connectivity index is 2.00. The molecule has 0 saturated carbocycles. The number of nitro groups is 1. The predicted octanol–water partition coefficient (Wildman–Crippen LogP) is 3.85. The van der Waals surface area contributed by atoms with Gasteiger partial charge in [0.05, 0.1) is 4.92 Å². The van der Waals surface area contributed by atoms with Gasteiger partial charge in [0.25, 0.3) is 5.69 Å². The molecular formula is C15H11IN2O3. The molecule has 0 radical (unpaired) electrons. The minimum absolute atomic E-state index is 0.0236. The number of nitrogens with one attached hydrogen (secondary N) is 1. The van der Waals surface area contributed by atoms with Crippen LogP contribution in [0.25, 0.3) is 6.08 Å². The van der Waals surface area contributed by atoms with E-state index in [1.807, 2.05) is 18.2 Å². The van der Waals surface area contributed by atoms with E-state index in [0.29, 0.717) is 0 Å². The molecule has 6 heteroatoms. The first-order chi connectivity index (χ1) is 10.0. The van der Waals surface area contributed by atoms with E-state index in [4.69, 9.17) is 0 Å². The van der Waals surface area contributed by atoms with E-state index in [-0.39, 0.29) is 11.6 Å². The molecule has 21 heavy (non-hydrogen) atoms. The molecule has 0 atom stereocenters. The lowest BCUT2D eigenvalue weighted by atomic mass is 10.2. The highest BCUT2D eigenvalue weighted by Gasteiger charge is 2.03. The topological polar surface area (TPSA) is 72.2 Å². The van der Waals surface area contributed by atoms with E-state index in [0.717, 1.165) is 14.8 Å². The molecule has 0 bridgehead atoms. The van der Waals surface area contributed by atoms with Crippen LogP contribution in [0.15, 0.2) is 54.6 Å². The van der Waals surface area contributed by atoms with Crippen LogP contribution in [0, 0.1) is 13.7 Å². The predicted molar refractivity (Wildman–Crippen MR) is 89.9 cm³/mol. The molecule has 0 aliphatic rings. The summed E-state index contributed by atoms with van der Waals surface area (Å²) in [5.41, 5.74) is 1.47. The molecule has 1 N–H and O–H groups in total. The van der Waals surface area contributed by atoms with Crippen LogP contribution in [0.2, 0.25) is 0 Å². The van der Waals surface area contributed by atoms with Crippen molar-refractivity contribution in [2.24, 2.45) is 0 Å². The van der Waals surface area contributed by atoms with Crippen molar-refractivity contribution in [2.45, 2.75) is 0 Å². The van der Waals surface area contributed by atoms with E-state index >= 15 is 0 Å². The maximum Gasteiger partial charge on any atom is 0.269 e. The Hall–Kier alpha value is -2.22. The third-order valence-corrected chi connectivity index (χ3v) is 3.29. The first-order valence-corrected chi connectivity index (χ1v) is 7.11. The normalized spacial score (nSPS) is 10.5. The molecule has 106 valence electrons. The van der Waals surface area contributed by atoms with Crippen LogP contribution in [0.4, 0.5) is 11.4 Å². The molecule has 0 aromatic heterocycles. The Morgan fingerprint density at radius 1 is 1.19 bits per heavy atom. The van der Waals surface area contributed by atoms with Gasteiger partial charge in [-0.25, -0.2) is 0 Å². The molecule has 0 fully saturated rings. The number of carbonyl (C=O) groups is 1. The Kier molecular flexibility index (Phi) is 5.04. The number of hydrogen-bond acceptors (Lipinski definition) is 3. The second-order valence-electron chi connectivity index (χ2n) is 4.18. The summed E-state index contributed by atoms with van der Waals surface area (Å²) in [6, 6.07) is 13.4. The number of anilines is 1. The molecule has 0 unspecified atom stereocenters. The summed E-state index contributed by atoms with van der Waals surface area (Å²) in [5.74, 6) is -0.254. The lowest BCUT2D eigenvalue weighted by Crippen LogP contribution is -2.07. The van der Waals surface area contributed by atoms with Crippen LogP contribution in [0.1, 0.15) is 5.56 Å². The minimum Gasteiger partial charge on any atom is -0.322 e. The third-order valence-electron chi connectivity index (χ3n) is 2.62. The van der Waals surface area contributed by atoms with E-state index in [9.17, 15) is 14.9 Å². The number of amides is 1. The average molecular weight is 394 g/mol. The van der Waals surface area contributed by atoms with E-state index in [2.05, 4.69) is 27.9 Å². The summed E-state index contributed by atoms with van der Waals surface area (Å²) in [6.45, 7) is 0. The van der Waals surface area contributed by atoms with Crippen molar-refractivity contribution >= 4 is 45.9 Å². The Bertz CT molecular complexity index is 696. The van der Waals surface area contributed by atoms with Gasteiger partial charge in [0, 0.05) is 27.5 Å². The molecule has 0 spiro atoms. The molecule has 0 saturated heterocycles. The zero-order valence-electron chi connectivity index (χ0n) is 10.8. The molecule has 2 aromatic carbocycles. The van der Waals surface area contributed by atoms with Gasteiger partial charge in [-0.1, -0.05) is 6.07 Å². The molecule has 0 heterocycles. The molecule has 1 amide bonds. The lowest BCUT2D eigenvalue weighted by Gasteiger charge is -2.02. The number of carbonyl (C=O) groups excluding carboxylic acids is 1. The zero-order valence-corrected chi connectivity index (χ0v) is 13.0. The maximum absolute atomic E-state index is 11.8. The van der Waals surface area contributed by atoms with Crippen molar-refractivity contribution in [3.05, 3.63) is 73.9 Å². The Morgan fingerprint density at radius 3 is 2.52 bits per heavy atom. The van der Waals surface area contributed by atoms with Gasteiger partial charge in [-0.2, -0.15) is 0 Å². The van der Waals surface area contributed by atoms with Crippen molar-refractivity contribution in [1.82, 2.24) is 0 Å². The molecule has 2 aromatic rings. The van der Waals surface area contributed by atoms with Crippen molar-refractivity contribution in [1.29, 1.82) is 0 Å². The minimum atomic E-state index is -0.461. The number of halogens is 1. The summed E-state index contributed by atoms with van der Waals surface area (Å²) >= 11 is 2.17. The van der Waals surface area contributed by atoms with Gasteiger partial charge < -0.3 is 5.32 Å². The number of benzene rings is 2. The van der Waals surface area contributed by atoms with Crippen molar-refractivity contribution in [3.8, 4) is 0 Å². The van der Waals surface area contributed by atoms with Gasteiger partial charge in [-0.15, -0.1) is 0 Å². The van der Waals surface area contributed by atoms with Crippen LogP contribution in [0.3, 0.4) is 0 Å². The fourth-order valence-corrected chi connectivity index (χ4v) is 2.17. The first kappa shape index (κ1) is 15.2. The highest BCUT2D eigenvalue weighted by molar-refractivity contribution is 14.1. The summed E-state index contributed by atoms with van der Waals surface area (Å²) in [5, 5.41) is 13.3.